The van der Waals surface area contributed by atoms with Crippen molar-refractivity contribution >= 4 is 27.5 Å². The lowest BCUT2D eigenvalue weighted by Crippen LogP contribution is -2.39. The first-order valence-corrected chi connectivity index (χ1v) is 7.47. The molecule has 1 aliphatic carbocycles. The van der Waals surface area contributed by atoms with Crippen LogP contribution in [0, 0.1) is 5.41 Å². The van der Waals surface area contributed by atoms with E-state index in [0.29, 0.717) is 5.41 Å². The van der Waals surface area contributed by atoms with E-state index in [1.54, 1.807) is 0 Å². The molecule has 0 aliphatic heterocycles. The summed E-state index contributed by atoms with van der Waals surface area (Å²) in [5.74, 6) is 0. The molecule has 0 heterocycles. The molecule has 0 spiro atoms. The monoisotopic (exact) mass is 315 g/mol. The molecule has 0 radical (unpaired) electrons. The van der Waals surface area contributed by atoms with Crippen molar-refractivity contribution in [3.05, 3.63) is 33.3 Å². The zero-order valence-corrected chi connectivity index (χ0v) is 12.6. The summed E-state index contributed by atoms with van der Waals surface area (Å²) >= 11 is 9.48. The minimum Gasteiger partial charge on any atom is -0.312 e. The van der Waals surface area contributed by atoms with Gasteiger partial charge >= 0.3 is 0 Å². The van der Waals surface area contributed by atoms with E-state index in [0.717, 1.165) is 22.6 Å². The molecule has 0 amide bonds. The van der Waals surface area contributed by atoms with Gasteiger partial charge in [-0.1, -0.05) is 46.9 Å². The Morgan fingerprint density at radius 3 is 2.71 bits per heavy atom. The van der Waals surface area contributed by atoms with Gasteiger partial charge in [0.1, 0.15) is 0 Å². The molecule has 0 bridgehead atoms. The second-order valence-electron chi connectivity index (χ2n) is 5.05. The molecule has 0 atom stereocenters. The summed E-state index contributed by atoms with van der Waals surface area (Å²) in [7, 11) is 0. The van der Waals surface area contributed by atoms with Crippen LogP contribution in [-0.4, -0.2) is 6.54 Å². The molecule has 2 rings (SSSR count). The van der Waals surface area contributed by atoms with E-state index < -0.39 is 0 Å². The van der Waals surface area contributed by atoms with Crippen LogP contribution in [0.3, 0.4) is 0 Å². The normalized spacial score (nSPS) is 17.8. The van der Waals surface area contributed by atoms with Gasteiger partial charge in [0.05, 0.1) is 0 Å². The Balaban J connectivity index is 1.85. The quantitative estimate of drug-likeness (QED) is 0.825. The van der Waals surface area contributed by atoms with Gasteiger partial charge in [-0.05, 0) is 42.4 Å². The Labute approximate surface area is 117 Å². The van der Waals surface area contributed by atoms with Crippen LogP contribution in [0.25, 0.3) is 0 Å². The van der Waals surface area contributed by atoms with Crippen molar-refractivity contribution in [3.8, 4) is 0 Å². The van der Waals surface area contributed by atoms with Crippen LogP contribution in [0.1, 0.15) is 38.2 Å². The van der Waals surface area contributed by atoms with Crippen molar-refractivity contribution in [2.75, 3.05) is 6.54 Å². The summed E-state index contributed by atoms with van der Waals surface area (Å²) in [5.41, 5.74) is 1.86. The number of nitrogens with one attached hydrogen (secondary N) is 1. The van der Waals surface area contributed by atoms with Crippen LogP contribution in [0.15, 0.2) is 22.7 Å². The molecule has 1 saturated carbocycles. The van der Waals surface area contributed by atoms with Gasteiger partial charge in [0.2, 0.25) is 0 Å². The summed E-state index contributed by atoms with van der Waals surface area (Å²) in [6, 6.07) is 5.98. The van der Waals surface area contributed by atoms with Crippen molar-refractivity contribution in [1.82, 2.24) is 5.32 Å². The highest BCUT2D eigenvalue weighted by molar-refractivity contribution is 9.10. The fourth-order valence-corrected chi connectivity index (χ4v) is 3.28. The molecule has 1 nitrogen and oxygen atoms in total. The Bertz CT molecular complexity index is 382. The maximum absolute atomic E-state index is 5.93. The number of benzene rings is 1. The molecular formula is C14H19BrClN. The van der Waals surface area contributed by atoms with Crippen LogP contribution >= 0.6 is 27.5 Å². The SMILES string of the molecule is CCC1(CNCc2ccc(Cl)cc2Br)CCC1. The second-order valence-corrected chi connectivity index (χ2v) is 6.34. The van der Waals surface area contributed by atoms with Crippen LogP contribution in [-0.2, 0) is 6.54 Å². The molecule has 17 heavy (non-hydrogen) atoms. The first-order chi connectivity index (χ1) is 8.15. The molecular weight excluding hydrogens is 298 g/mol. The number of rotatable bonds is 5. The highest BCUT2D eigenvalue weighted by Gasteiger charge is 2.34. The third kappa shape index (κ3) is 3.24. The van der Waals surface area contributed by atoms with Gasteiger partial charge in [0.25, 0.3) is 0 Å². The Morgan fingerprint density at radius 2 is 2.18 bits per heavy atom. The predicted molar refractivity (Wildman–Crippen MR) is 77.4 cm³/mol. The molecule has 1 aromatic carbocycles. The number of halogens is 2. The van der Waals surface area contributed by atoms with E-state index >= 15 is 0 Å². The highest BCUT2D eigenvalue weighted by atomic mass is 79.9. The van der Waals surface area contributed by atoms with Gasteiger partial charge in [-0.2, -0.15) is 0 Å². The van der Waals surface area contributed by atoms with E-state index in [9.17, 15) is 0 Å². The molecule has 1 N–H and O–H groups in total. The van der Waals surface area contributed by atoms with Gasteiger partial charge in [0, 0.05) is 22.6 Å². The smallest absolute Gasteiger partial charge is 0.0417 e. The minimum absolute atomic E-state index is 0.582. The van der Waals surface area contributed by atoms with E-state index in [1.165, 1.54) is 31.2 Å². The van der Waals surface area contributed by atoms with Crippen LogP contribution in [0.2, 0.25) is 5.02 Å². The maximum Gasteiger partial charge on any atom is 0.0417 e. The fraction of sp³-hybridized carbons (Fsp3) is 0.571. The second kappa shape index (κ2) is 5.73. The van der Waals surface area contributed by atoms with Crippen LogP contribution < -0.4 is 5.32 Å². The molecule has 0 unspecified atom stereocenters. The predicted octanol–water partition coefficient (Wildman–Crippen LogP) is 4.77. The number of hydrogen-bond donors (Lipinski definition) is 1. The first kappa shape index (κ1) is 13.4. The Kier molecular flexibility index (Phi) is 4.51. The van der Waals surface area contributed by atoms with Crippen LogP contribution in [0.5, 0.6) is 0 Å². The van der Waals surface area contributed by atoms with E-state index in [1.807, 2.05) is 12.1 Å². The summed E-state index contributed by atoms with van der Waals surface area (Å²) in [4.78, 5) is 0. The summed E-state index contributed by atoms with van der Waals surface area (Å²) in [5, 5.41) is 4.36. The van der Waals surface area contributed by atoms with E-state index in [-0.39, 0.29) is 0 Å². The Hall–Kier alpha value is -0.0500. The van der Waals surface area contributed by atoms with Crippen molar-refractivity contribution < 1.29 is 0 Å². The van der Waals surface area contributed by atoms with E-state index in [4.69, 9.17) is 11.6 Å². The lowest BCUT2D eigenvalue weighted by Gasteiger charge is -2.41. The zero-order valence-electron chi connectivity index (χ0n) is 10.2. The number of hydrogen-bond acceptors (Lipinski definition) is 1. The standard InChI is InChI=1S/C14H19BrClN/c1-2-14(6-3-7-14)10-17-9-11-4-5-12(16)8-13(11)15/h4-5,8,17H,2-3,6-7,9-10H2,1H3. The van der Waals surface area contributed by atoms with Gasteiger partial charge in [-0.3, -0.25) is 0 Å². The molecule has 94 valence electrons. The third-order valence-corrected chi connectivity index (χ3v) is 4.97. The first-order valence-electron chi connectivity index (χ1n) is 6.30. The topological polar surface area (TPSA) is 12.0 Å². The molecule has 0 saturated heterocycles. The van der Waals surface area contributed by atoms with Gasteiger partial charge in [-0.15, -0.1) is 0 Å². The van der Waals surface area contributed by atoms with E-state index in [2.05, 4.69) is 34.2 Å². The molecule has 3 heteroatoms. The lowest BCUT2D eigenvalue weighted by atomic mass is 9.67. The highest BCUT2D eigenvalue weighted by Crippen LogP contribution is 2.43. The van der Waals surface area contributed by atoms with Crippen molar-refractivity contribution in [3.63, 3.8) is 0 Å². The van der Waals surface area contributed by atoms with Gasteiger partial charge < -0.3 is 5.32 Å². The maximum atomic E-state index is 5.93. The van der Waals surface area contributed by atoms with Crippen molar-refractivity contribution in [2.24, 2.45) is 5.41 Å². The third-order valence-electron chi connectivity index (χ3n) is 3.99. The van der Waals surface area contributed by atoms with Crippen molar-refractivity contribution in [2.45, 2.75) is 39.2 Å². The average molecular weight is 317 g/mol. The summed E-state index contributed by atoms with van der Waals surface area (Å²) in [6.45, 7) is 4.36. The van der Waals surface area contributed by atoms with Crippen LogP contribution in [0.4, 0.5) is 0 Å². The molecule has 0 aromatic heterocycles. The average Bonchev–Trinajstić information content (AvgIpc) is 2.25. The Morgan fingerprint density at radius 1 is 1.41 bits per heavy atom. The molecule has 1 fully saturated rings. The molecule has 1 aromatic rings. The summed E-state index contributed by atoms with van der Waals surface area (Å²) < 4.78 is 1.09. The fourth-order valence-electron chi connectivity index (χ4n) is 2.46. The minimum atomic E-state index is 0.582. The van der Waals surface area contributed by atoms with Crippen molar-refractivity contribution in [1.29, 1.82) is 0 Å². The lowest BCUT2D eigenvalue weighted by molar-refractivity contribution is 0.124. The summed E-state index contributed by atoms with van der Waals surface area (Å²) in [6.07, 6.45) is 5.47. The van der Waals surface area contributed by atoms with Gasteiger partial charge in [-0.25, -0.2) is 0 Å². The zero-order chi connectivity index (χ0) is 12.3. The largest absolute Gasteiger partial charge is 0.312 e. The molecule has 1 aliphatic rings. The van der Waals surface area contributed by atoms with Gasteiger partial charge in [0.15, 0.2) is 0 Å².